The number of ether oxygens (including phenoxy) is 2. The van der Waals surface area contributed by atoms with Gasteiger partial charge in [0, 0.05) is 19.0 Å². The summed E-state index contributed by atoms with van der Waals surface area (Å²) in [5.74, 6) is 0.677. The number of carbonyl (C=O) groups excluding carboxylic acids is 2. The van der Waals surface area contributed by atoms with Crippen LogP contribution in [0.15, 0.2) is 36.5 Å². The molecule has 1 saturated heterocycles. The molecule has 0 radical (unpaired) electrons. The minimum atomic E-state index is -0.466. The molecule has 136 valence electrons. The minimum absolute atomic E-state index is 0.128. The SMILES string of the molecule is COc1ccc(N2CC(C(=O)Nc3ccc(N)nc3)CC2=O)c(OC)c1. The van der Waals surface area contributed by atoms with Crippen molar-refractivity contribution in [2.24, 2.45) is 5.92 Å². The molecule has 1 unspecified atom stereocenters. The monoisotopic (exact) mass is 356 g/mol. The molecule has 1 atom stereocenters. The van der Waals surface area contributed by atoms with Gasteiger partial charge in [0.25, 0.3) is 0 Å². The van der Waals surface area contributed by atoms with Gasteiger partial charge in [0.2, 0.25) is 11.8 Å². The van der Waals surface area contributed by atoms with Crippen LogP contribution in [0.1, 0.15) is 6.42 Å². The number of nitrogens with two attached hydrogens (primary N) is 1. The van der Waals surface area contributed by atoms with E-state index in [1.165, 1.54) is 13.3 Å². The first kappa shape index (κ1) is 17.5. The Morgan fingerprint density at radius 1 is 1.27 bits per heavy atom. The molecule has 1 aromatic heterocycles. The molecule has 1 fully saturated rings. The summed E-state index contributed by atoms with van der Waals surface area (Å²) in [6, 6.07) is 8.47. The van der Waals surface area contributed by atoms with Gasteiger partial charge >= 0.3 is 0 Å². The van der Waals surface area contributed by atoms with Crippen molar-refractivity contribution in [2.45, 2.75) is 6.42 Å². The third kappa shape index (κ3) is 3.53. The molecule has 26 heavy (non-hydrogen) atoms. The molecule has 2 aromatic rings. The van der Waals surface area contributed by atoms with Crippen LogP contribution in [0, 0.1) is 5.92 Å². The highest BCUT2D eigenvalue weighted by molar-refractivity contribution is 6.04. The number of nitrogens with zero attached hydrogens (tertiary/aromatic N) is 2. The first-order valence-electron chi connectivity index (χ1n) is 8.06. The normalized spacial score (nSPS) is 16.5. The Morgan fingerprint density at radius 3 is 2.73 bits per heavy atom. The Balaban J connectivity index is 1.74. The van der Waals surface area contributed by atoms with E-state index in [0.717, 1.165) is 0 Å². The number of hydrogen-bond donors (Lipinski definition) is 2. The van der Waals surface area contributed by atoms with Crippen molar-refractivity contribution in [1.82, 2.24) is 4.98 Å². The quantitative estimate of drug-likeness (QED) is 0.844. The summed E-state index contributed by atoms with van der Waals surface area (Å²) in [6.07, 6.45) is 1.61. The molecular weight excluding hydrogens is 336 g/mol. The first-order chi connectivity index (χ1) is 12.5. The zero-order valence-electron chi connectivity index (χ0n) is 14.6. The van der Waals surface area contributed by atoms with Crippen molar-refractivity contribution in [2.75, 3.05) is 36.7 Å². The standard InChI is InChI=1S/C18H20N4O4/c1-25-13-4-5-14(15(8-13)26-2)22-10-11(7-17(22)23)18(24)21-12-3-6-16(19)20-9-12/h3-6,8-9,11H,7,10H2,1-2H3,(H2,19,20)(H,21,24). The Kier molecular flexibility index (Phi) is 4.92. The molecule has 1 aromatic carbocycles. The average Bonchev–Trinajstić information content (AvgIpc) is 3.04. The summed E-state index contributed by atoms with van der Waals surface area (Å²) >= 11 is 0. The second kappa shape index (κ2) is 7.30. The lowest BCUT2D eigenvalue weighted by atomic mass is 10.1. The van der Waals surface area contributed by atoms with Crippen LogP contribution in [-0.4, -0.2) is 37.6 Å². The average molecular weight is 356 g/mol. The number of amides is 2. The minimum Gasteiger partial charge on any atom is -0.497 e. The molecule has 2 amide bonds. The number of nitrogen functional groups attached to an aromatic ring is 1. The van der Waals surface area contributed by atoms with E-state index in [0.29, 0.717) is 28.7 Å². The van der Waals surface area contributed by atoms with Crippen LogP contribution < -0.4 is 25.4 Å². The van der Waals surface area contributed by atoms with Crippen LogP contribution in [0.5, 0.6) is 11.5 Å². The van der Waals surface area contributed by atoms with Gasteiger partial charge < -0.3 is 25.4 Å². The molecule has 2 heterocycles. The van der Waals surface area contributed by atoms with Gasteiger partial charge in [-0.15, -0.1) is 0 Å². The Morgan fingerprint density at radius 2 is 2.08 bits per heavy atom. The smallest absolute Gasteiger partial charge is 0.229 e. The molecule has 0 spiro atoms. The molecular formula is C18H20N4O4. The maximum atomic E-state index is 12.5. The first-order valence-corrected chi connectivity index (χ1v) is 8.06. The van der Waals surface area contributed by atoms with Crippen molar-refractivity contribution in [3.8, 4) is 11.5 Å². The summed E-state index contributed by atoms with van der Waals surface area (Å²) in [5, 5.41) is 2.76. The fourth-order valence-electron chi connectivity index (χ4n) is 2.85. The maximum absolute atomic E-state index is 12.5. The Hall–Kier alpha value is -3.29. The van der Waals surface area contributed by atoms with E-state index in [9.17, 15) is 9.59 Å². The number of anilines is 3. The molecule has 1 aliphatic rings. The molecule has 0 aliphatic carbocycles. The van der Waals surface area contributed by atoms with Gasteiger partial charge in [0.05, 0.1) is 37.7 Å². The molecule has 1 aliphatic heterocycles. The lowest BCUT2D eigenvalue weighted by Gasteiger charge is -2.20. The predicted molar refractivity (Wildman–Crippen MR) is 97.3 cm³/mol. The second-order valence-corrected chi connectivity index (χ2v) is 5.90. The van der Waals surface area contributed by atoms with E-state index in [4.69, 9.17) is 15.2 Å². The number of aromatic nitrogens is 1. The lowest BCUT2D eigenvalue weighted by molar-refractivity contribution is -0.122. The van der Waals surface area contributed by atoms with Crippen LogP contribution in [0.4, 0.5) is 17.2 Å². The van der Waals surface area contributed by atoms with Crippen LogP contribution in [0.3, 0.4) is 0 Å². The molecule has 0 bridgehead atoms. The van der Waals surface area contributed by atoms with E-state index < -0.39 is 5.92 Å². The van der Waals surface area contributed by atoms with Crippen LogP contribution in [0.2, 0.25) is 0 Å². The fraction of sp³-hybridized carbons (Fsp3) is 0.278. The van der Waals surface area contributed by atoms with E-state index in [2.05, 4.69) is 10.3 Å². The number of pyridine rings is 1. The highest BCUT2D eigenvalue weighted by Crippen LogP contribution is 2.36. The van der Waals surface area contributed by atoms with E-state index in [1.807, 2.05) is 0 Å². The number of hydrogen-bond acceptors (Lipinski definition) is 6. The van der Waals surface area contributed by atoms with Gasteiger partial charge in [0.15, 0.2) is 0 Å². The Bertz CT molecular complexity index is 822. The third-order valence-electron chi connectivity index (χ3n) is 4.23. The van der Waals surface area contributed by atoms with Gasteiger partial charge in [-0.1, -0.05) is 0 Å². The number of carbonyl (C=O) groups is 2. The summed E-state index contributed by atoms with van der Waals surface area (Å²) < 4.78 is 10.5. The molecule has 8 nitrogen and oxygen atoms in total. The summed E-state index contributed by atoms with van der Waals surface area (Å²) in [5.41, 5.74) is 6.69. The number of methoxy groups -OCH3 is 2. The fourth-order valence-corrected chi connectivity index (χ4v) is 2.85. The molecule has 3 rings (SSSR count). The number of rotatable bonds is 5. The second-order valence-electron chi connectivity index (χ2n) is 5.90. The molecule has 8 heteroatoms. The van der Waals surface area contributed by atoms with Crippen molar-refractivity contribution in [1.29, 1.82) is 0 Å². The van der Waals surface area contributed by atoms with Crippen molar-refractivity contribution in [3.05, 3.63) is 36.5 Å². The van der Waals surface area contributed by atoms with Crippen LogP contribution >= 0.6 is 0 Å². The molecule has 0 saturated carbocycles. The van der Waals surface area contributed by atoms with Crippen molar-refractivity contribution < 1.29 is 19.1 Å². The number of benzene rings is 1. The topological polar surface area (TPSA) is 107 Å². The number of nitrogens with one attached hydrogen (secondary N) is 1. The van der Waals surface area contributed by atoms with E-state index >= 15 is 0 Å². The zero-order chi connectivity index (χ0) is 18.7. The largest absolute Gasteiger partial charge is 0.497 e. The molecule has 3 N–H and O–H groups in total. The highest BCUT2D eigenvalue weighted by atomic mass is 16.5. The summed E-state index contributed by atoms with van der Waals surface area (Å²) in [7, 11) is 3.08. The van der Waals surface area contributed by atoms with Crippen molar-refractivity contribution in [3.63, 3.8) is 0 Å². The van der Waals surface area contributed by atoms with Gasteiger partial charge in [-0.3, -0.25) is 9.59 Å². The van der Waals surface area contributed by atoms with Gasteiger partial charge in [-0.2, -0.15) is 0 Å². The van der Waals surface area contributed by atoms with Crippen molar-refractivity contribution >= 4 is 29.0 Å². The van der Waals surface area contributed by atoms with Gasteiger partial charge in [-0.25, -0.2) is 4.98 Å². The predicted octanol–water partition coefficient (Wildman–Crippen LogP) is 1.67. The van der Waals surface area contributed by atoms with Crippen LogP contribution in [0.25, 0.3) is 0 Å². The van der Waals surface area contributed by atoms with Gasteiger partial charge in [-0.05, 0) is 24.3 Å². The third-order valence-corrected chi connectivity index (χ3v) is 4.23. The summed E-state index contributed by atoms with van der Waals surface area (Å²) in [6.45, 7) is 0.274. The summed E-state index contributed by atoms with van der Waals surface area (Å²) in [4.78, 5) is 30.4. The van der Waals surface area contributed by atoms with E-state index in [-0.39, 0.29) is 24.8 Å². The van der Waals surface area contributed by atoms with Gasteiger partial charge in [0.1, 0.15) is 17.3 Å². The Labute approximate surface area is 150 Å². The maximum Gasteiger partial charge on any atom is 0.229 e. The van der Waals surface area contributed by atoms with Crippen LogP contribution in [-0.2, 0) is 9.59 Å². The van der Waals surface area contributed by atoms with E-state index in [1.54, 1.807) is 42.3 Å². The lowest BCUT2D eigenvalue weighted by Crippen LogP contribution is -2.28. The zero-order valence-corrected chi connectivity index (χ0v) is 14.6. The highest BCUT2D eigenvalue weighted by Gasteiger charge is 2.36.